The van der Waals surface area contributed by atoms with Crippen LogP contribution in [0.2, 0.25) is 0 Å². The Bertz CT molecular complexity index is 1470. The van der Waals surface area contributed by atoms with Crippen LogP contribution in [0.1, 0.15) is 34.2 Å². The smallest absolute Gasteiger partial charge is 0.422 e. The van der Waals surface area contributed by atoms with Crippen molar-refractivity contribution in [1.82, 2.24) is 0 Å². The highest BCUT2D eigenvalue weighted by atomic mass is 19.4. The van der Waals surface area contributed by atoms with Crippen molar-refractivity contribution < 1.29 is 40.2 Å². The Balaban J connectivity index is 1.39. The molecular weight excluding hydrogens is 549 g/mol. The van der Waals surface area contributed by atoms with Gasteiger partial charge < -0.3 is 9.47 Å². The maximum atomic E-state index is 15.3. The largest absolute Gasteiger partial charge is 0.478 e. The van der Waals surface area contributed by atoms with E-state index in [4.69, 9.17) is 4.74 Å². The lowest BCUT2D eigenvalue weighted by atomic mass is 9.97. The van der Waals surface area contributed by atoms with Gasteiger partial charge in [-0.2, -0.15) is 13.2 Å². The summed E-state index contributed by atoms with van der Waals surface area (Å²) in [6, 6.07) is 15.7. The second-order valence-electron chi connectivity index (χ2n) is 9.91. The van der Waals surface area contributed by atoms with Crippen molar-refractivity contribution in [2.24, 2.45) is 0 Å². The molecule has 0 N–H and O–H groups in total. The number of hydrogen-bond acceptors (Lipinski definition) is 2. The number of hydrogen-bond donors (Lipinski definition) is 0. The zero-order valence-electron chi connectivity index (χ0n) is 22.4. The molecule has 9 heteroatoms. The predicted molar refractivity (Wildman–Crippen MR) is 143 cm³/mol. The number of alkyl halides is 3. The van der Waals surface area contributed by atoms with Crippen molar-refractivity contribution in [2.75, 3.05) is 20.3 Å². The summed E-state index contributed by atoms with van der Waals surface area (Å²) in [7, 11) is 1.63. The second-order valence-corrected chi connectivity index (χ2v) is 9.91. The highest BCUT2D eigenvalue weighted by molar-refractivity contribution is 5.84. The minimum absolute atomic E-state index is 0.0602. The average molecular weight is 579 g/mol. The van der Waals surface area contributed by atoms with Gasteiger partial charge in [0.1, 0.15) is 11.6 Å². The summed E-state index contributed by atoms with van der Waals surface area (Å²) in [5.41, 5.74) is 2.94. The molecule has 0 heterocycles. The van der Waals surface area contributed by atoms with Gasteiger partial charge in [0.2, 0.25) is 0 Å². The lowest BCUT2D eigenvalue weighted by molar-refractivity contribution is -0.154. The molecule has 0 unspecified atom stereocenters. The summed E-state index contributed by atoms with van der Waals surface area (Å²) >= 11 is 0. The summed E-state index contributed by atoms with van der Waals surface area (Å²) < 4.78 is 104. The number of benzene rings is 4. The van der Waals surface area contributed by atoms with E-state index in [1.807, 2.05) is 12.1 Å². The van der Waals surface area contributed by atoms with Gasteiger partial charge >= 0.3 is 6.18 Å². The van der Waals surface area contributed by atoms with Crippen LogP contribution in [0.4, 0.5) is 30.7 Å². The zero-order chi connectivity index (χ0) is 29.6. The Morgan fingerprint density at radius 3 is 1.93 bits per heavy atom. The third kappa shape index (κ3) is 8.22. The van der Waals surface area contributed by atoms with Crippen LogP contribution in [0.25, 0.3) is 10.8 Å². The van der Waals surface area contributed by atoms with E-state index in [-0.39, 0.29) is 24.2 Å². The first-order chi connectivity index (χ1) is 19.5. The SMILES string of the molecule is COCCCc1ccc(CCc2ccc3c(F)c(CCc4cc(F)c(OCC(F)(F)F)c(F)c4)ccc3c2)c(F)c1. The summed E-state index contributed by atoms with van der Waals surface area (Å²) in [4.78, 5) is 0. The number of ether oxygens (including phenoxy) is 2. The summed E-state index contributed by atoms with van der Waals surface area (Å²) in [5, 5.41) is 1.05. The van der Waals surface area contributed by atoms with E-state index in [0.717, 1.165) is 36.1 Å². The molecule has 0 amide bonds. The van der Waals surface area contributed by atoms with Crippen molar-refractivity contribution in [3.05, 3.63) is 112 Å². The molecule has 218 valence electrons. The van der Waals surface area contributed by atoms with Crippen LogP contribution in [-0.2, 0) is 36.8 Å². The molecule has 2 nitrogen and oxygen atoms in total. The average Bonchev–Trinajstić information content (AvgIpc) is 2.91. The molecular formula is C32H29F7O2. The van der Waals surface area contributed by atoms with Gasteiger partial charge in [0.15, 0.2) is 24.0 Å². The highest BCUT2D eigenvalue weighted by Crippen LogP contribution is 2.28. The molecule has 4 aromatic carbocycles. The molecule has 0 saturated heterocycles. The molecule has 0 aliphatic rings. The van der Waals surface area contributed by atoms with Crippen LogP contribution in [0, 0.1) is 23.3 Å². The van der Waals surface area contributed by atoms with Gasteiger partial charge in [-0.1, -0.05) is 42.5 Å². The number of halogens is 7. The number of methoxy groups -OCH3 is 1. The maximum absolute atomic E-state index is 15.3. The Morgan fingerprint density at radius 2 is 1.24 bits per heavy atom. The van der Waals surface area contributed by atoms with E-state index in [0.29, 0.717) is 41.3 Å². The fraction of sp³-hybridized carbons (Fsp3) is 0.312. The number of aryl methyl sites for hydroxylation is 5. The van der Waals surface area contributed by atoms with Crippen molar-refractivity contribution in [1.29, 1.82) is 0 Å². The molecule has 0 atom stereocenters. The van der Waals surface area contributed by atoms with Crippen LogP contribution in [0.15, 0.2) is 60.7 Å². The van der Waals surface area contributed by atoms with Gasteiger partial charge in [0.05, 0.1) is 0 Å². The van der Waals surface area contributed by atoms with Crippen LogP contribution in [-0.4, -0.2) is 26.5 Å². The van der Waals surface area contributed by atoms with Gasteiger partial charge in [-0.15, -0.1) is 0 Å². The van der Waals surface area contributed by atoms with E-state index in [1.165, 1.54) is 0 Å². The molecule has 0 aromatic heterocycles. The second kappa shape index (κ2) is 13.4. The molecule has 0 aliphatic carbocycles. The number of fused-ring (bicyclic) bond motifs is 1. The molecule has 0 spiro atoms. The molecule has 0 aliphatic heterocycles. The van der Waals surface area contributed by atoms with Crippen LogP contribution in [0.3, 0.4) is 0 Å². The number of rotatable bonds is 12. The first-order valence-corrected chi connectivity index (χ1v) is 13.2. The van der Waals surface area contributed by atoms with Crippen molar-refractivity contribution >= 4 is 10.8 Å². The normalized spacial score (nSPS) is 11.8. The lowest BCUT2D eigenvalue weighted by Crippen LogP contribution is -2.20. The molecule has 0 saturated carbocycles. The van der Waals surface area contributed by atoms with Crippen molar-refractivity contribution in [3.63, 3.8) is 0 Å². The first-order valence-electron chi connectivity index (χ1n) is 13.2. The Hall–Kier alpha value is -3.59. The van der Waals surface area contributed by atoms with E-state index in [1.54, 1.807) is 43.5 Å². The monoisotopic (exact) mass is 578 g/mol. The van der Waals surface area contributed by atoms with Gasteiger partial charge in [0, 0.05) is 19.1 Å². The molecule has 0 radical (unpaired) electrons. The lowest BCUT2D eigenvalue weighted by Gasteiger charge is -2.12. The Labute approximate surface area is 233 Å². The predicted octanol–water partition coefficient (Wildman–Crippen LogP) is 8.49. The first kappa shape index (κ1) is 30.4. The molecule has 4 aromatic rings. The fourth-order valence-electron chi connectivity index (χ4n) is 4.71. The minimum atomic E-state index is -4.74. The van der Waals surface area contributed by atoms with Gasteiger partial charge in [-0.05, 0) is 89.9 Å². The Morgan fingerprint density at radius 1 is 0.634 bits per heavy atom. The maximum Gasteiger partial charge on any atom is 0.422 e. The van der Waals surface area contributed by atoms with Crippen LogP contribution in [0.5, 0.6) is 5.75 Å². The highest BCUT2D eigenvalue weighted by Gasteiger charge is 2.30. The third-order valence-electron chi connectivity index (χ3n) is 6.83. The minimum Gasteiger partial charge on any atom is -0.478 e. The Kier molecular flexibility index (Phi) is 9.91. The van der Waals surface area contributed by atoms with Crippen molar-refractivity contribution in [3.8, 4) is 5.75 Å². The zero-order valence-corrected chi connectivity index (χ0v) is 22.4. The molecule has 0 fully saturated rings. The van der Waals surface area contributed by atoms with Gasteiger partial charge in [-0.25, -0.2) is 17.6 Å². The summed E-state index contributed by atoms with van der Waals surface area (Å²) in [6.45, 7) is -1.20. The van der Waals surface area contributed by atoms with E-state index < -0.39 is 36.0 Å². The topological polar surface area (TPSA) is 18.5 Å². The van der Waals surface area contributed by atoms with Gasteiger partial charge in [0.25, 0.3) is 0 Å². The molecule has 41 heavy (non-hydrogen) atoms. The quantitative estimate of drug-likeness (QED) is 0.124. The summed E-state index contributed by atoms with van der Waals surface area (Å²) in [6.07, 6.45) is -1.94. The summed E-state index contributed by atoms with van der Waals surface area (Å²) in [5.74, 6) is -4.33. The molecule has 4 rings (SSSR count). The van der Waals surface area contributed by atoms with E-state index in [2.05, 4.69) is 4.74 Å². The fourth-order valence-corrected chi connectivity index (χ4v) is 4.71. The molecule has 0 bridgehead atoms. The van der Waals surface area contributed by atoms with Crippen molar-refractivity contribution in [2.45, 2.75) is 44.7 Å². The standard InChI is InChI=1S/C32H29F7O2/c1-40-14-2-3-20-4-8-23(27(33)16-20)9-5-21-7-13-26-25(15-21)12-11-24(30(26)36)10-6-22-17-28(34)31(29(35)18-22)41-19-32(37,38)39/h4,7-8,11-13,15-18H,2-3,5-6,9-10,14,19H2,1H3. The third-order valence-corrected chi connectivity index (χ3v) is 6.83. The van der Waals surface area contributed by atoms with E-state index in [9.17, 15) is 26.3 Å². The van der Waals surface area contributed by atoms with Gasteiger partial charge in [-0.3, -0.25) is 0 Å². The van der Waals surface area contributed by atoms with Crippen LogP contribution < -0.4 is 4.74 Å². The van der Waals surface area contributed by atoms with E-state index >= 15 is 4.39 Å². The van der Waals surface area contributed by atoms with Crippen LogP contribution >= 0.6 is 0 Å².